The molecule has 0 bridgehead atoms. The number of aromatic nitrogens is 2. The first-order valence-corrected chi connectivity index (χ1v) is 7.89. The van der Waals surface area contributed by atoms with Crippen LogP contribution in [0.1, 0.15) is 24.9 Å². The molecule has 1 saturated heterocycles. The smallest absolute Gasteiger partial charge is 0.0538 e. The fraction of sp³-hybridized carbons (Fsp3) is 0.769. The molecule has 0 spiro atoms. The minimum Gasteiger partial charge on any atom is -0.312 e. The summed E-state index contributed by atoms with van der Waals surface area (Å²) in [6.07, 6.45) is 5.34. The molecule has 1 aromatic rings. The standard InChI is InChI=1S/C13H24N4S/c1-4-5-17-9-11(8-15-17)13(14-2)12-10-18-7-6-16(12)3/h8-9,12-14H,4-7,10H2,1-3H3. The Balaban J connectivity index is 2.10. The molecule has 1 aromatic heterocycles. The lowest BCUT2D eigenvalue weighted by atomic mass is 10.0. The Kier molecular flexibility index (Phi) is 5.09. The zero-order valence-electron chi connectivity index (χ0n) is 11.6. The molecule has 2 heterocycles. The average Bonchev–Trinajstić information content (AvgIpc) is 2.82. The first kappa shape index (κ1) is 13.9. The molecule has 0 radical (unpaired) electrons. The molecule has 5 heteroatoms. The van der Waals surface area contributed by atoms with Crippen LogP contribution in [0.5, 0.6) is 0 Å². The van der Waals surface area contributed by atoms with E-state index in [0.29, 0.717) is 12.1 Å². The lowest BCUT2D eigenvalue weighted by Gasteiger charge is -2.37. The predicted molar refractivity (Wildman–Crippen MR) is 78.1 cm³/mol. The van der Waals surface area contributed by atoms with E-state index in [1.54, 1.807) is 0 Å². The van der Waals surface area contributed by atoms with Gasteiger partial charge in [0.15, 0.2) is 0 Å². The molecule has 1 N–H and O–H groups in total. The maximum Gasteiger partial charge on any atom is 0.0538 e. The molecule has 1 aliphatic heterocycles. The summed E-state index contributed by atoms with van der Waals surface area (Å²) in [5.41, 5.74) is 1.31. The zero-order valence-corrected chi connectivity index (χ0v) is 12.4. The average molecular weight is 268 g/mol. The van der Waals surface area contributed by atoms with Gasteiger partial charge in [0.2, 0.25) is 0 Å². The number of thioether (sulfide) groups is 1. The van der Waals surface area contributed by atoms with E-state index in [2.05, 4.69) is 59.0 Å². The van der Waals surface area contributed by atoms with Crippen LogP contribution < -0.4 is 5.32 Å². The Morgan fingerprint density at radius 3 is 3.11 bits per heavy atom. The van der Waals surface area contributed by atoms with Gasteiger partial charge in [-0.3, -0.25) is 9.58 Å². The van der Waals surface area contributed by atoms with E-state index in [0.717, 1.165) is 13.0 Å². The SMILES string of the molecule is CCCn1cc(C(NC)C2CSCCN2C)cn1. The van der Waals surface area contributed by atoms with Crippen LogP contribution in [0.3, 0.4) is 0 Å². The molecule has 102 valence electrons. The van der Waals surface area contributed by atoms with Crippen LogP contribution in [-0.4, -0.2) is 52.9 Å². The summed E-state index contributed by atoms with van der Waals surface area (Å²) in [6, 6.07) is 0.946. The third-order valence-corrected chi connectivity index (χ3v) is 4.65. The molecule has 2 unspecified atom stereocenters. The molecule has 4 nitrogen and oxygen atoms in total. The molecule has 0 saturated carbocycles. The van der Waals surface area contributed by atoms with E-state index in [1.165, 1.54) is 23.6 Å². The molecule has 0 amide bonds. The number of hydrogen-bond donors (Lipinski definition) is 1. The van der Waals surface area contributed by atoms with Crippen molar-refractivity contribution in [1.29, 1.82) is 0 Å². The number of nitrogens with one attached hydrogen (secondary N) is 1. The van der Waals surface area contributed by atoms with Gasteiger partial charge >= 0.3 is 0 Å². The van der Waals surface area contributed by atoms with Gasteiger partial charge in [-0.15, -0.1) is 0 Å². The van der Waals surface area contributed by atoms with Gasteiger partial charge in [0.25, 0.3) is 0 Å². The van der Waals surface area contributed by atoms with Crippen molar-refractivity contribution in [2.75, 3.05) is 32.1 Å². The molecule has 18 heavy (non-hydrogen) atoms. The largest absolute Gasteiger partial charge is 0.312 e. The molecule has 1 fully saturated rings. The number of aryl methyl sites for hydroxylation is 1. The molecule has 1 aliphatic rings. The predicted octanol–water partition coefficient (Wildman–Crippen LogP) is 1.60. The van der Waals surface area contributed by atoms with Gasteiger partial charge in [-0.25, -0.2) is 0 Å². The summed E-state index contributed by atoms with van der Waals surface area (Å²) < 4.78 is 2.05. The minimum absolute atomic E-state index is 0.383. The van der Waals surface area contributed by atoms with Gasteiger partial charge in [-0.1, -0.05) is 6.92 Å². The van der Waals surface area contributed by atoms with Gasteiger partial charge in [0, 0.05) is 42.4 Å². The van der Waals surface area contributed by atoms with E-state index in [4.69, 9.17) is 0 Å². The van der Waals surface area contributed by atoms with Gasteiger partial charge in [-0.2, -0.15) is 16.9 Å². The number of nitrogens with zero attached hydrogens (tertiary/aromatic N) is 3. The molecular formula is C13H24N4S. The van der Waals surface area contributed by atoms with Crippen LogP contribution in [0.15, 0.2) is 12.4 Å². The van der Waals surface area contributed by atoms with E-state index < -0.39 is 0 Å². The summed E-state index contributed by atoms with van der Waals surface area (Å²) in [6.45, 7) is 4.37. The Labute approximate surface area is 114 Å². The summed E-state index contributed by atoms with van der Waals surface area (Å²) in [5, 5.41) is 7.91. The van der Waals surface area contributed by atoms with E-state index in [-0.39, 0.29) is 0 Å². The highest BCUT2D eigenvalue weighted by Crippen LogP contribution is 2.26. The number of hydrogen-bond acceptors (Lipinski definition) is 4. The van der Waals surface area contributed by atoms with Crippen molar-refractivity contribution in [3.8, 4) is 0 Å². The first-order valence-electron chi connectivity index (χ1n) is 6.74. The van der Waals surface area contributed by atoms with Crippen LogP contribution in [0, 0.1) is 0 Å². The Morgan fingerprint density at radius 1 is 1.61 bits per heavy atom. The third kappa shape index (κ3) is 3.08. The minimum atomic E-state index is 0.383. The van der Waals surface area contributed by atoms with Crippen LogP contribution in [0.2, 0.25) is 0 Å². The highest BCUT2D eigenvalue weighted by atomic mass is 32.2. The Bertz CT molecular complexity index is 366. The van der Waals surface area contributed by atoms with Crippen LogP contribution in [0.4, 0.5) is 0 Å². The molecular weight excluding hydrogens is 244 g/mol. The fourth-order valence-electron chi connectivity index (χ4n) is 2.53. The Morgan fingerprint density at radius 2 is 2.44 bits per heavy atom. The maximum atomic E-state index is 4.45. The summed E-state index contributed by atoms with van der Waals surface area (Å²) in [7, 11) is 4.28. The molecule has 0 aliphatic carbocycles. The van der Waals surface area contributed by atoms with Crippen molar-refractivity contribution in [3.63, 3.8) is 0 Å². The topological polar surface area (TPSA) is 33.1 Å². The van der Waals surface area contributed by atoms with Crippen molar-refractivity contribution in [2.45, 2.75) is 32.0 Å². The van der Waals surface area contributed by atoms with Crippen molar-refractivity contribution in [2.24, 2.45) is 0 Å². The molecule has 2 rings (SSSR count). The quantitative estimate of drug-likeness (QED) is 0.879. The van der Waals surface area contributed by atoms with Gasteiger partial charge in [-0.05, 0) is 20.5 Å². The second-order valence-electron chi connectivity index (χ2n) is 4.93. The lowest BCUT2D eigenvalue weighted by Crippen LogP contribution is -2.46. The number of likely N-dealkylation sites (N-methyl/N-ethyl adjacent to an activating group) is 2. The first-order chi connectivity index (χ1) is 8.76. The van der Waals surface area contributed by atoms with Crippen LogP contribution in [0.25, 0.3) is 0 Å². The normalized spacial score (nSPS) is 23.2. The highest BCUT2D eigenvalue weighted by molar-refractivity contribution is 7.99. The molecule has 0 aromatic carbocycles. The van der Waals surface area contributed by atoms with Gasteiger partial charge in [0.1, 0.15) is 0 Å². The van der Waals surface area contributed by atoms with Crippen LogP contribution in [-0.2, 0) is 6.54 Å². The molecule has 2 atom stereocenters. The summed E-state index contributed by atoms with van der Waals surface area (Å²) in [4.78, 5) is 2.47. The Hall–Kier alpha value is -0.520. The third-order valence-electron chi connectivity index (χ3n) is 3.60. The maximum absolute atomic E-state index is 4.45. The van der Waals surface area contributed by atoms with Gasteiger partial charge < -0.3 is 5.32 Å². The van der Waals surface area contributed by atoms with Crippen molar-refractivity contribution < 1.29 is 0 Å². The fourth-order valence-corrected chi connectivity index (χ4v) is 3.80. The number of rotatable bonds is 5. The van der Waals surface area contributed by atoms with Crippen molar-refractivity contribution in [1.82, 2.24) is 20.0 Å². The monoisotopic (exact) mass is 268 g/mol. The second kappa shape index (κ2) is 6.59. The summed E-state index contributed by atoms with van der Waals surface area (Å²) in [5.74, 6) is 2.44. The lowest BCUT2D eigenvalue weighted by molar-refractivity contribution is 0.221. The summed E-state index contributed by atoms with van der Waals surface area (Å²) >= 11 is 2.05. The van der Waals surface area contributed by atoms with Gasteiger partial charge in [0.05, 0.1) is 12.2 Å². The second-order valence-corrected chi connectivity index (χ2v) is 6.08. The highest BCUT2D eigenvalue weighted by Gasteiger charge is 2.28. The van der Waals surface area contributed by atoms with Crippen LogP contribution >= 0.6 is 11.8 Å². The van der Waals surface area contributed by atoms with E-state index in [1.807, 2.05) is 6.20 Å². The zero-order chi connectivity index (χ0) is 13.0. The van der Waals surface area contributed by atoms with Crippen molar-refractivity contribution in [3.05, 3.63) is 18.0 Å². The van der Waals surface area contributed by atoms with E-state index >= 15 is 0 Å². The van der Waals surface area contributed by atoms with Crippen molar-refractivity contribution >= 4 is 11.8 Å². The van der Waals surface area contributed by atoms with E-state index in [9.17, 15) is 0 Å².